The van der Waals surface area contributed by atoms with Gasteiger partial charge in [-0.05, 0) is 55.2 Å². The molecule has 1 aliphatic carbocycles. The van der Waals surface area contributed by atoms with E-state index in [1.54, 1.807) is 0 Å². The van der Waals surface area contributed by atoms with Crippen molar-refractivity contribution in [2.24, 2.45) is 5.73 Å². The number of unbranched alkanes of at least 4 members (excludes halogenated alkanes) is 6. The first-order valence-corrected chi connectivity index (χ1v) is 13.1. The molecule has 0 saturated heterocycles. The molecule has 1 unspecified atom stereocenters. The number of rotatable bonds is 14. The summed E-state index contributed by atoms with van der Waals surface area (Å²) in [5.74, 6) is 0.586. The summed E-state index contributed by atoms with van der Waals surface area (Å²) in [4.78, 5) is 0. The zero-order valence-corrected chi connectivity index (χ0v) is 20.4. The Morgan fingerprint density at radius 3 is 2.10 bits per heavy atom. The summed E-state index contributed by atoms with van der Waals surface area (Å²) < 4.78 is 0. The van der Waals surface area contributed by atoms with Crippen molar-refractivity contribution in [3.05, 3.63) is 34.3 Å². The number of hydrogen-bond acceptors (Lipinski definition) is 2. The van der Waals surface area contributed by atoms with Gasteiger partial charge in [0.2, 0.25) is 0 Å². The molecule has 0 spiro atoms. The average molecular weight is 436 g/mol. The molecule has 0 aromatic heterocycles. The normalized spacial score (nSPS) is 16.7. The molecule has 1 fully saturated rings. The Balaban J connectivity index is 2.01. The number of nitrogens with two attached hydrogens (primary N) is 1. The predicted octanol–water partition coefficient (Wildman–Crippen LogP) is 8.45. The highest BCUT2D eigenvalue weighted by Crippen LogP contribution is 2.38. The number of aliphatic hydroxyl groups is 1. The summed E-state index contributed by atoms with van der Waals surface area (Å²) in [6.45, 7) is 4.48. The van der Waals surface area contributed by atoms with Crippen LogP contribution in [0.4, 0.5) is 0 Å². The molecule has 1 saturated carbocycles. The standard InChI is InChI=1S/C27H46ClNO/c1-3-5-7-12-18-27(29,19-13-8-6-4-2)21-26(30)23-16-17-24(25(28)20-23)22-14-10-9-11-15-22/h16-17,20,22,26,30H,3-15,18-19,21,29H2,1-2H3. The van der Waals surface area contributed by atoms with Crippen molar-refractivity contribution in [1.82, 2.24) is 0 Å². The molecule has 0 radical (unpaired) electrons. The van der Waals surface area contributed by atoms with E-state index in [9.17, 15) is 5.11 Å². The van der Waals surface area contributed by atoms with E-state index in [0.29, 0.717) is 12.3 Å². The van der Waals surface area contributed by atoms with Crippen LogP contribution in [0.1, 0.15) is 140 Å². The van der Waals surface area contributed by atoms with Crippen molar-refractivity contribution in [1.29, 1.82) is 0 Å². The fraction of sp³-hybridized carbons (Fsp3) is 0.778. The summed E-state index contributed by atoms with van der Waals surface area (Å²) >= 11 is 6.67. The average Bonchev–Trinajstić information content (AvgIpc) is 2.75. The number of aliphatic hydroxyl groups excluding tert-OH is 1. The Kier molecular flexibility index (Phi) is 11.8. The molecule has 172 valence electrons. The van der Waals surface area contributed by atoms with E-state index in [4.69, 9.17) is 17.3 Å². The minimum Gasteiger partial charge on any atom is -0.388 e. The molecule has 1 atom stereocenters. The van der Waals surface area contributed by atoms with Crippen LogP contribution in [0.25, 0.3) is 0 Å². The molecule has 30 heavy (non-hydrogen) atoms. The highest BCUT2D eigenvalue weighted by atomic mass is 35.5. The summed E-state index contributed by atoms with van der Waals surface area (Å²) in [7, 11) is 0. The van der Waals surface area contributed by atoms with Gasteiger partial charge < -0.3 is 10.8 Å². The van der Waals surface area contributed by atoms with Crippen molar-refractivity contribution in [2.45, 2.75) is 134 Å². The van der Waals surface area contributed by atoms with Gasteiger partial charge in [0, 0.05) is 10.6 Å². The highest BCUT2D eigenvalue weighted by Gasteiger charge is 2.28. The topological polar surface area (TPSA) is 46.2 Å². The lowest BCUT2D eigenvalue weighted by Crippen LogP contribution is -2.41. The third kappa shape index (κ3) is 8.52. The first kappa shape index (κ1) is 25.7. The third-order valence-electron chi connectivity index (χ3n) is 7.11. The van der Waals surface area contributed by atoms with Crippen molar-refractivity contribution < 1.29 is 5.11 Å². The number of hydrogen-bond donors (Lipinski definition) is 2. The van der Waals surface area contributed by atoms with Crippen molar-refractivity contribution >= 4 is 11.6 Å². The second-order valence-corrected chi connectivity index (χ2v) is 10.2. The van der Waals surface area contributed by atoms with E-state index in [1.807, 2.05) is 6.07 Å². The molecule has 1 aromatic carbocycles. The van der Waals surface area contributed by atoms with E-state index in [-0.39, 0.29) is 5.54 Å². The zero-order valence-electron chi connectivity index (χ0n) is 19.6. The summed E-state index contributed by atoms with van der Waals surface area (Å²) in [6, 6.07) is 6.26. The van der Waals surface area contributed by atoms with Gasteiger partial charge in [-0.25, -0.2) is 0 Å². The molecule has 3 N–H and O–H groups in total. The first-order chi connectivity index (χ1) is 14.5. The minimum atomic E-state index is -0.537. The van der Waals surface area contributed by atoms with E-state index >= 15 is 0 Å². The maximum Gasteiger partial charge on any atom is 0.0808 e. The van der Waals surface area contributed by atoms with Crippen molar-refractivity contribution in [3.63, 3.8) is 0 Å². The van der Waals surface area contributed by atoms with Crippen LogP contribution < -0.4 is 5.73 Å². The van der Waals surface area contributed by atoms with Crippen molar-refractivity contribution in [2.75, 3.05) is 0 Å². The van der Waals surface area contributed by atoms with Crippen LogP contribution in [0.5, 0.6) is 0 Å². The van der Waals surface area contributed by atoms with E-state index < -0.39 is 6.10 Å². The van der Waals surface area contributed by atoms with Crippen LogP contribution in [0.2, 0.25) is 5.02 Å². The SMILES string of the molecule is CCCCCCC(N)(CCCCCC)CC(O)c1ccc(C2CCCCC2)c(Cl)c1. The fourth-order valence-corrected chi connectivity index (χ4v) is 5.48. The monoisotopic (exact) mass is 435 g/mol. The Morgan fingerprint density at radius 2 is 1.57 bits per heavy atom. The predicted molar refractivity (Wildman–Crippen MR) is 131 cm³/mol. The fourth-order valence-electron chi connectivity index (χ4n) is 5.14. The quantitative estimate of drug-likeness (QED) is 0.288. The zero-order chi connectivity index (χ0) is 21.8. The second kappa shape index (κ2) is 13.8. The molecule has 2 rings (SSSR count). The summed E-state index contributed by atoms with van der Waals surface area (Å²) in [6.07, 6.45) is 18.3. The highest BCUT2D eigenvalue weighted by molar-refractivity contribution is 6.31. The van der Waals surface area contributed by atoms with Crippen LogP contribution in [-0.4, -0.2) is 10.6 Å². The molecule has 1 aromatic rings. The molecule has 3 heteroatoms. The van der Waals surface area contributed by atoms with Crippen LogP contribution >= 0.6 is 11.6 Å². The Morgan fingerprint density at radius 1 is 0.967 bits per heavy atom. The molecule has 0 amide bonds. The Bertz CT molecular complexity index is 585. The third-order valence-corrected chi connectivity index (χ3v) is 7.44. The maximum atomic E-state index is 11.0. The van der Waals surface area contributed by atoms with Gasteiger partial charge in [-0.2, -0.15) is 0 Å². The molecular weight excluding hydrogens is 390 g/mol. The van der Waals surface area contributed by atoms with Crippen LogP contribution in [0, 0.1) is 0 Å². The van der Waals surface area contributed by atoms with Gasteiger partial charge in [0.25, 0.3) is 0 Å². The van der Waals surface area contributed by atoms with Gasteiger partial charge in [0.05, 0.1) is 6.10 Å². The van der Waals surface area contributed by atoms with Crippen molar-refractivity contribution in [3.8, 4) is 0 Å². The second-order valence-electron chi connectivity index (χ2n) is 9.82. The molecule has 0 bridgehead atoms. The number of benzene rings is 1. The lowest BCUT2D eigenvalue weighted by molar-refractivity contribution is 0.122. The molecular formula is C27H46ClNO. The van der Waals surface area contributed by atoms with Gasteiger partial charge in [0.1, 0.15) is 0 Å². The van der Waals surface area contributed by atoms with Gasteiger partial charge >= 0.3 is 0 Å². The molecule has 0 heterocycles. The summed E-state index contributed by atoms with van der Waals surface area (Å²) in [5, 5.41) is 11.9. The molecule has 2 nitrogen and oxygen atoms in total. The van der Waals surface area contributed by atoms with Gasteiger partial charge in [-0.1, -0.05) is 108 Å². The van der Waals surface area contributed by atoms with Gasteiger partial charge in [-0.15, -0.1) is 0 Å². The van der Waals surface area contributed by atoms with Crippen LogP contribution in [0.15, 0.2) is 18.2 Å². The van der Waals surface area contributed by atoms with Gasteiger partial charge in [0.15, 0.2) is 0 Å². The van der Waals surface area contributed by atoms with E-state index in [0.717, 1.165) is 36.3 Å². The largest absolute Gasteiger partial charge is 0.388 e. The first-order valence-electron chi connectivity index (χ1n) is 12.8. The van der Waals surface area contributed by atoms with Crippen LogP contribution in [-0.2, 0) is 0 Å². The smallest absolute Gasteiger partial charge is 0.0808 e. The minimum absolute atomic E-state index is 0.282. The lowest BCUT2D eigenvalue weighted by Gasteiger charge is -2.32. The Labute approximate surface area is 191 Å². The molecule has 1 aliphatic rings. The van der Waals surface area contributed by atoms with E-state index in [1.165, 1.54) is 76.2 Å². The van der Waals surface area contributed by atoms with Crippen LogP contribution in [0.3, 0.4) is 0 Å². The number of halogens is 1. The maximum absolute atomic E-state index is 11.0. The molecule has 0 aliphatic heterocycles. The van der Waals surface area contributed by atoms with Gasteiger partial charge in [-0.3, -0.25) is 0 Å². The lowest BCUT2D eigenvalue weighted by atomic mass is 9.80. The summed E-state index contributed by atoms with van der Waals surface area (Å²) in [5.41, 5.74) is 8.81. The van der Waals surface area contributed by atoms with E-state index in [2.05, 4.69) is 26.0 Å². The Hall–Kier alpha value is -0.570.